The van der Waals surface area contributed by atoms with Crippen molar-refractivity contribution in [3.8, 4) is 0 Å². The second-order valence-corrected chi connectivity index (χ2v) is 5.31. The first kappa shape index (κ1) is 14.4. The molecule has 1 heterocycles. The summed E-state index contributed by atoms with van der Waals surface area (Å²) in [6.07, 6.45) is 3.52. The van der Waals surface area contributed by atoms with Gasteiger partial charge >= 0.3 is 5.97 Å². The van der Waals surface area contributed by atoms with Crippen molar-refractivity contribution >= 4 is 29.3 Å². The number of nitrogens with zero attached hydrogens (tertiary/aromatic N) is 1. The van der Waals surface area contributed by atoms with Crippen molar-refractivity contribution in [3.63, 3.8) is 0 Å². The maximum Gasteiger partial charge on any atom is 0.326 e. The SMILES string of the molecule is CCC(C(=O)O)N(C)C(=O)C=Cc1ccc(C)s1. The molecule has 0 aliphatic heterocycles. The first-order valence-electron chi connectivity index (χ1n) is 5.69. The summed E-state index contributed by atoms with van der Waals surface area (Å²) in [4.78, 5) is 26.2. The van der Waals surface area contributed by atoms with Crippen LogP contribution in [0.15, 0.2) is 18.2 Å². The highest BCUT2D eigenvalue weighted by molar-refractivity contribution is 7.12. The lowest BCUT2D eigenvalue weighted by Gasteiger charge is -2.22. The van der Waals surface area contributed by atoms with Crippen LogP contribution in [0.3, 0.4) is 0 Å². The number of aliphatic carboxylic acids is 1. The Morgan fingerprint density at radius 3 is 2.61 bits per heavy atom. The quantitative estimate of drug-likeness (QED) is 0.833. The maximum absolute atomic E-state index is 11.8. The van der Waals surface area contributed by atoms with Gasteiger partial charge in [0.15, 0.2) is 0 Å². The summed E-state index contributed by atoms with van der Waals surface area (Å²) in [6.45, 7) is 3.74. The standard InChI is InChI=1S/C13H17NO3S/c1-4-11(13(16)17)14(3)12(15)8-7-10-6-5-9(2)18-10/h5-8,11H,4H2,1-3H3,(H,16,17). The van der Waals surface area contributed by atoms with Crippen LogP contribution in [-0.2, 0) is 9.59 Å². The zero-order valence-corrected chi connectivity index (χ0v) is 11.5. The number of rotatable bonds is 5. The van der Waals surface area contributed by atoms with E-state index in [-0.39, 0.29) is 5.91 Å². The van der Waals surface area contributed by atoms with Gasteiger partial charge in [0.25, 0.3) is 0 Å². The number of amides is 1. The molecule has 1 rings (SSSR count). The minimum Gasteiger partial charge on any atom is -0.480 e. The summed E-state index contributed by atoms with van der Waals surface area (Å²) >= 11 is 1.59. The molecule has 0 saturated carbocycles. The molecule has 1 N–H and O–H groups in total. The number of thiophene rings is 1. The van der Waals surface area contributed by atoms with E-state index in [1.165, 1.54) is 22.9 Å². The average Bonchev–Trinajstić information content (AvgIpc) is 2.72. The third-order valence-corrected chi connectivity index (χ3v) is 3.60. The molecular formula is C13H17NO3S. The van der Waals surface area contributed by atoms with Crippen LogP contribution in [0.25, 0.3) is 6.08 Å². The molecule has 1 aromatic rings. The first-order valence-corrected chi connectivity index (χ1v) is 6.51. The van der Waals surface area contributed by atoms with Crippen molar-refractivity contribution in [1.29, 1.82) is 0 Å². The topological polar surface area (TPSA) is 57.6 Å². The van der Waals surface area contributed by atoms with E-state index in [4.69, 9.17) is 5.11 Å². The monoisotopic (exact) mass is 267 g/mol. The summed E-state index contributed by atoms with van der Waals surface area (Å²) < 4.78 is 0. The third-order valence-electron chi connectivity index (χ3n) is 2.64. The molecule has 1 atom stereocenters. The molecular weight excluding hydrogens is 250 g/mol. The molecule has 0 spiro atoms. The predicted molar refractivity (Wildman–Crippen MR) is 72.6 cm³/mol. The van der Waals surface area contributed by atoms with Crippen LogP contribution in [0.2, 0.25) is 0 Å². The zero-order chi connectivity index (χ0) is 13.7. The second kappa shape index (κ2) is 6.35. The Hall–Kier alpha value is -1.62. The largest absolute Gasteiger partial charge is 0.480 e. The summed E-state index contributed by atoms with van der Waals surface area (Å²) in [5, 5.41) is 8.97. The first-order chi connectivity index (χ1) is 8.45. The average molecular weight is 267 g/mol. The molecule has 5 heteroatoms. The number of carbonyl (C=O) groups excluding carboxylic acids is 1. The number of hydrogen-bond acceptors (Lipinski definition) is 3. The highest BCUT2D eigenvalue weighted by atomic mass is 32.1. The molecule has 0 saturated heterocycles. The lowest BCUT2D eigenvalue weighted by atomic mass is 10.2. The Morgan fingerprint density at radius 2 is 2.17 bits per heavy atom. The van der Waals surface area contributed by atoms with Crippen LogP contribution in [0.4, 0.5) is 0 Å². The summed E-state index contributed by atoms with van der Waals surface area (Å²) in [7, 11) is 1.51. The van der Waals surface area contributed by atoms with E-state index in [0.29, 0.717) is 6.42 Å². The number of likely N-dealkylation sites (N-methyl/N-ethyl adjacent to an activating group) is 1. The van der Waals surface area contributed by atoms with Crippen LogP contribution in [0, 0.1) is 6.92 Å². The van der Waals surface area contributed by atoms with Crippen molar-refractivity contribution < 1.29 is 14.7 Å². The smallest absolute Gasteiger partial charge is 0.326 e. The molecule has 1 unspecified atom stereocenters. The zero-order valence-electron chi connectivity index (χ0n) is 10.7. The van der Waals surface area contributed by atoms with Crippen molar-refractivity contribution in [1.82, 2.24) is 4.90 Å². The lowest BCUT2D eigenvalue weighted by Crippen LogP contribution is -2.41. The van der Waals surface area contributed by atoms with E-state index in [1.54, 1.807) is 24.3 Å². The molecule has 4 nitrogen and oxygen atoms in total. The molecule has 1 amide bonds. The fraction of sp³-hybridized carbons (Fsp3) is 0.385. The number of hydrogen-bond donors (Lipinski definition) is 1. The van der Waals surface area contributed by atoms with Gasteiger partial charge in [0.1, 0.15) is 6.04 Å². The molecule has 18 heavy (non-hydrogen) atoms. The van der Waals surface area contributed by atoms with Gasteiger partial charge in [0.05, 0.1) is 0 Å². The van der Waals surface area contributed by atoms with Gasteiger partial charge in [-0.3, -0.25) is 4.79 Å². The van der Waals surface area contributed by atoms with Gasteiger partial charge in [0.2, 0.25) is 5.91 Å². The molecule has 0 radical (unpaired) electrons. The van der Waals surface area contributed by atoms with Gasteiger partial charge in [-0.25, -0.2) is 4.79 Å². The normalized spacial score (nSPS) is 12.6. The maximum atomic E-state index is 11.8. The fourth-order valence-corrected chi connectivity index (χ4v) is 2.36. The number of carboxylic acid groups (broad SMARTS) is 1. The summed E-state index contributed by atoms with van der Waals surface area (Å²) in [6, 6.07) is 3.13. The van der Waals surface area contributed by atoms with Crippen LogP contribution in [0.5, 0.6) is 0 Å². The fourth-order valence-electron chi connectivity index (χ4n) is 1.58. The van der Waals surface area contributed by atoms with Crippen LogP contribution in [-0.4, -0.2) is 35.0 Å². The van der Waals surface area contributed by atoms with E-state index in [0.717, 1.165) is 4.88 Å². The highest BCUT2D eigenvalue weighted by Crippen LogP contribution is 2.16. The summed E-state index contributed by atoms with van der Waals surface area (Å²) in [5.74, 6) is -1.27. The van der Waals surface area contributed by atoms with E-state index in [9.17, 15) is 9.59 Å². The molecule has 0 fully saturated rings. The van der Waals surface area contributed by atoms with E-state index in [2.05, 4.69) is 0 Å². The second-order valence-electron chi connectivity index (χ2n) is 3.99. The Balaban J connectivity index is 2.70. The Kier molecular flexibility index (Phi) is 5.09. The predicted octanol–water partition coefficient (Wildman–Crippen LogP) is 2.39. The number of carbonyl (C=O) groups is 2. The molecule has 0 aliphatic rings. The van der Waals surface area contributed by atoms with Gasteiger partial charge in [-0.15, -0.1) is 11.3 Å². The Morgan fingerprint density at radius 1 is 1.50 bits per heavy atom. The lowest BCUT2D eigenvalue weighted by molar-refractivity contribution is -0.147. The molecule has 0 aliphatic carbocycles. The van der Waals surface area contributed by atoms with Crippen molar-refractivity contribution in [3.05, 3.63) is 28.0 Å². The minimum absolute atomic E-state index is 0.296. The summed E-state index contributed by atoms with van der Waals surface area (Å²) in [5.41, 5.74) is 0. The van der Waals surface area contributed by atoms with Crippen molar-refractivity contribution in [2.45, 2.75) is 26.3 Å². The number of carboxylic acids is 1. The molecule has 0 bridgehead atoms. The van der Waals surface area contributed by atoms with Crippen LogP contribution in [0.1, 0.15) is 23.1 Å². The van der Waals surface area contributed by atoms with E-state index >= 15 is 0 Å². The Labute approximate surface area is 111 Å². The van der Waals surface area contributed by atoms with Crippen LogP contribution >= 0.6 is 11.3 Å². The van der Waals surface area contributed by atoms with Gasteiger partial charge < -0.3 is 10.0 Å². The van der Waals surface area contributed by atoms with Gasteiger partial charge in [-0.2, -0.15) is 0 Å². The van der Waals surface area contributed by atoms with Gasteiger partial charge in [-0.1, -0.05) is 6.92 Å². The van der Waals surface area contributed by atoms with Crippen LogP contribution < -0.4 is 0 Å². The minimum atomic E-state index is -0.978. The van der Waals surface area contributed by atoms with Gasteiger partial charge in [0, 0.05) is 22.9 Å². The van der Waals surface area contributed by atoms with E-state index < -0.39 is 12.0 Å². The molecule has 1 aromatic heterocycles. The third kappa shape index (κ3) is 3.70. The number of aryl methyl sites for hydroxylation is 1. The molecule has 98 valence electrons. The van der Waals surface area contributed by atoms with Crippen molar-refractivity contribution in [2.24, 2.45) is 0 Å². The van der Waals surface area contributed by atoms with Gasteiger partial charge in [-0.05, 0) is 31.6 Å². The van der Waals surface area contributed by atoms with E-state index in [1.807, 2.05) is 19.1 Å². The molecule has 0 aromatic carbocycles. The Bertz CT molecular complexity index is 465. The highest BCUT2D eigenvalue weighted by Gasteiger charge is 2.22. The van der Waals surface area contributed by atoms with Crippen molar-refractivity contribution in [2.75, 3.05) is 7.05 Å².